The molecule has 2 aromatic rings. The van der Waals surface area contributed by atoms with Gasteiger partial charge >= 0.3 is 0 Å². The van der Waals surface area contributed by atoms with E-state index in [1.165, 1.54) is 5.56 Å². The van der Waals surface area contributed by atoms with Gasteiger partial charge in [-0.05, 0) is 0 Å². The van der Waals surface area contributed by atoms with Gasteiger partial charge in [0.2, 0.25) is 0 Å². The molecular weight excluding hydrogens is 359 g/mol. The molecule has 2 aromatic carbocycles. The SMILES string of the molecule is C.C.CC.CC.Cc1cc[c-]cc1.NCO.[Y].[c-]1ccccc1. The molecule has 2 nitrogen and oxygen atoms in total. The summed E-state index contributed by atoms with van der Waals surface area (Å²) >= 11 is 0. The van der Waals surface area contributed by atoms with Gasteiger partial charge in [-0.2, -0.15) is 72.3 Å². The summed E-state index contributed by atoms with van der Waals surface area (Å²) in [6.07, 6.45) is 0. The van der Waals surface area contributed by atoms with Crippen LogP contribution in [0.3, 0.4) is 0 Å². The number of nitrogens with two attached hydrogens (primary N) is 1. The molecule has 23 heavy (non-hydrogen) atoms. The topological polar surface area (TPSA) is 46.2 Å². The van der Waals surface area contributed by atoms with Gasteiger partial charge < -0.3 is 10.8 Å². The molecule has 0 bridgehead atoms. The van der Waals surface area contributed by atoms with Crippen molar-refractivity contribution in [2.45, 2.75) is 49.5 Å². The third-order valence-corrected chi connectivity index (χ3v) is 1.49. The Morgan fingerprint density at radius 3 is 1.26 bits per heavy atom. The van der Waals surface area contributed by atoms with E-state index in [0.29, 0.717) is 0 Å². The van der Waals surface area contributed by atoms with E-state index in [1.807, 2.05) is 82.3 Å². The molecule has 0 fully saturated rings. The number of hydrogen-bond donors (Lipinski definition) is 2. The van der Waals surface area contributed by atoms with Gasteiger partial charge in [0.1, 0.15) is 0 Å². The number of aliphatic hydroxyl groups is 1. The van der Waals surface area contributed by atoms with Crippen molar-refractivity contribution in [2.24, 2.45) is 5.73 Å². The molecule has 0 aromatic heterocycles. The number of aryl methyl sites for hydroxylation is 1. The standard InChI is InChI=1S/C7H7.C6H5.2C2H6.CH5NO.2CH4.Y/c1-7-5-3-2-4-6-7;1-2-4-6-5-3-1;2*1-2;2-1-3;;;/h3-6H,1H3;1-5H;2*1-2H3;3H,1-2H2;2*1H4;/q2*-1;;;;;;. The Hall–Kier alpha value is -0.536. The van der Waals surface area contributed by atoms with Gasteiger partial charge in [-0.3, -0.25) is 0 Å². The normalized spacial score (nSPS) is 6.04. The van der Waals surface area contributed by atoms with Crippen LogP contribution < -0.4 is 5.73 Å². The average molecular weight is 396 g/mol. The van der Waals surface area contributed by atoms with E-state index >= 15 is 0 Å². The van der Waals surface area contributed by atoms with Crippen LogP contribution in [0.4, 0.5) is 0 Å². The minimum atomic E-state index is -0.250. The summed E-state index contributed by atoms with van der Waals surface area (Å²) < 4.78 is 0. The Bertz CT molecular complexity index is 301. The van der Waals surface area contributed by atoms with E-state index in [2.05, 4.69) is 24.8 Å². The van der Waals surface area contributed by atoms with Gasteiger partial charge in [0.25, 0.3) is 0 Å². The molecule has 3 N–H and O–H groups in total. The van der Waals surface area contributed by atoms with Crippen LogP contribution in [0.2, 0.25) is 0 Å². The summed E-state index contributed by atoms with van der Waals surface area (Å²) in [5.41, 5.74) is 5.69. The van der Waals surface area contributed by atoms with Crippen molar-refractivity contribution < 1.29 is 37.8 Å². The molecule has 0 heterocycles. The summed E-state index contributed by atoms with van der Waals surface area (Å²) in [5, 5.41) is 7.35. The summed E-state index contributed by atoms with van der Waals surface area (Å²) in [5.74, 6) is 0. The predicted octanol–water partition coefficient (Wildman–Crippen LogP) is 5.50. The fourth-order valence-electron chi connectivity index (χ4n) is 0.812. The van der Waals surface area contributed by atoms with Gasteiger partial charge in [-0.25, -0.2) is 0 Å². The molecule has 0 amide bonds. The van der Waals surface area contributed by atoms with E-state index < -0.39 is 0 Å². The Morgan fingerprint density at radius 1 is 0.826 bits per heavy atom. The van der Waals surface area contributed by atoms with Crippen LogP contribution in [0.15, 0.2) is 54.6 Å². The van der Waals surface area contributed by atoms with Gasteiger partial charge in [-0.15, -0.1) is 0 Å². The van der Waals surface area contributed by atoms with Crippen LogP contribution in [0.25, 0.3) is 0 Å². The van der Waals surface area contributed by atoms with Crippen molar-refractivity contribution in [3.05, 3.63) is 72.3 Å². The van der Waals surface area contributed by atoms with Gasteiger partial charge in [0.05, 0.1) is 6.73 Å². The predicted molar refractivity (Wildman–Crippen MR) is 103 cm³/mol. The van der Waals surface area contributed by atoms with Crippen molar-refractivity contribution in [2.75, 3.05) is 6.73 Å². The summed E-state index contributed by atoms with van der Waals surface area (Å²) in [6.45, 7) is 9.81. The molecule has 0 aliphatic carbocycles. The quantitative estimate of drug-likeness (QED) is 0.456. The third kappa shape index (κ3) is 44.9. The number of rotatable bonds is 0. The molecule has 0 saturated heterocycles. The minimum absolute atomic E-state index is 0. The second-order valence-electron chi connectivity index (χ2n) is 2.84. The Labute approximate surface area is 171 Å². The van der Waals surface area contributed by atoms with Crippen LogP contribution in [0, 0.1) is 19.1 Å². The van der Waals surface area contributed by atoms with Crippen LogP contribution in [0.5, 0.6) is 0 Å². The first-order valence-corrected chi connectivity index (χ1v) is 6.96. The van der Waals surface area contributed by atoms with E-state index in [1.54, 1.807) is 0 Å². The number of benzene rings is 2. The Balaban J connectivity index is -0.0000000419. The van der Waals surface area contributed by atoms with Crippen LogP contribution in [-0.2, 0) is 32.7 Å². The van der Waals surface area contributed by atoms with Crippen molar-refractivity contribution in [3.8, 4) is 0 Å². The minimum Gasteiger partial charge on any atom is -0.382 e. The summed E-state index contributed by atoms with van der Waals surface area (Å²) in [7, 11) is 0. The molecule has 0 spiro atoms. The third-order valence-electron chi connectivity index (χ3n) is 1.49. The first-order valence-electron chi connectivity index (χ1n) is 6.96. The van der Waals surface area contributed by atoms with Crippen molar-refractivity contribution >= 4 is 0 Å². The monoisotopic (exact) mass is 396 g/mol. The Morgan fingerprint density at radius 2 is 1.13 bits per heavy atom. The van der Waals surface area contributed by atoms with E-state index in [4.69, 9.17) is 5.11 Å². The fraction of sp³-hybridized carbons (Fsp3) is 0.400. The zero-order valence-electron chi connectivity index (χ0n) is 14.0. The zero-order chi connectivity index (χ0) is 16.1. The maximum atomic E-state index is 7.35. The number of hydrogen-bond acceptors (Lipinski definition) is 2. The summed E-state index contributed by atoms with van der Waals surface area (Å²) in [4.78, 5) is 0. The fourth-order valence-corrected chi connectivity index (χ4v) is 0.812. The maximum absolute atomic E-state index is 7.35. The molecule has 3 heteroatoms. The molecular formula is C20H37NOY-2. The van der Waals surface area contributed by atoms with Crippen molar-refractivity contribution in [1.82, 2.24) is 0 Å². The number of aliphatic hydroxyl groups excluding tert-OH is 1. The van der Waals surface area contributed by atoms with Crippen LogP contribution >= 0.6 is 0 Å². The van der Waals surface area contributed by atoms with Crippen LogP contribution in [0.1, 0.15) is 48.1 Å². The molecule has 133 valence electrons. The summed E-state index contributed by atoms with van der Waals surface area (Å²) in [6, 6.07) is 23.3. The zero-order valence-corrected chi connectivity index (χ0v) is 16.8. The smallest absolute Gasteiger partial charge is 0.0906 e. The van der Waals surface area contributed by atoms with Gasteiger partial charge in [0, 0.05) is 32.7 Å². The van der Waals surface area contributed by atoms with Crippen molar-refractivity contribution in [3.63, 3.8) is 0 Å². The van der Waals surface area contributed by atoms with E-state index in [0.717, 1.165) is 0 Å². The average Bonchev–Trinajstić information content (AvgIpc) is 2.55. The van der Waals surface area contributed by atoms with Gasteiger partial charge in [-0.1, -0.05) is 49.5 Å². The molecule has 0 aliphatic heterocycles. The maximum Gasteiger partial charge on any atom is 0.0906 e. The van der Waals surface area contributed by atoms with E-state index in [-0.39, 0.29) is 54.3 Å². The molecule has 1 radical (unpaired) electrons. The van der Waals surface area contributed by atoms with E-state index in [9.17, 15) is 0 Å². The largest absolute Gasteiger partial charge is 0.382 e. The molecule has 0 aliphatic rings. The first kappa shape index (κ1) is 38.2. The van der Waals surface area contributed by atoms with Gasteiger partial charge in [0.15, 0.2) is 0 Å². The molecule has 0 saturated carbocycles. The Kier molecular flexibility index (Phi) is 71.3. The van der Waals surface area contributed by atoms with Crippen LogP contribution in [-0.4, -0.2) is 11.8 Å². The molecule has 2 rings (SSSR count). The second-order valence-corrected chi connectivity index (χ2v) is 2.84. The first-order chi connectivity index (χ1) is 9.81. The van der Waals surface area contributed by atoms with Crippen molar-refractivity contribution in [1.29, 1.82) is 0 Å². The molecule has 0 unspecified atom stereocenters. The molecule has 0 atom stereocenters. The second kappa shape index (κ2) is 43.0.